The molecule has 0 aliphatic heterocycles. The van der Waals surface area contributed by atoms with Gasteiger partial charge in [-0.05, 0) is 23.6 Å². The van der Waals surface area contributed by atoms with Gasteiger partial charge in [0.05, 0.1) is 11.5 Å². The summed E-state index contributed by atoms with van der Waals surface area (Å²) in [5.74, 6) is -0.242. The first kappa shape index (κ1) is 15.0. The Morgan fingerprint density at radius 1 is 1.43 bits per heavy atom. The number of thiophene rings is 1. The zero-order valence-electron chi connectivity index (χ0n) is 11.7. The molecule has 0 fully saturated rings. The minimum Gasteiger partial charge on any atom is -0.383 e. The van der Waals surface area contributed by atoms with Crippen molar-refractivity contribution in [2.75, 3.05) is 19.4 Å². The fraction of sp³-hybridized carbons (Fsp3) is 0.214. The fourth-order valence-corrected chi connectivity index (χ4v) is 2.71. The molecule has 7 heteroatoms. The Bertz CT molecular complexity index is 655. The van der Waals surface area contributed by atoms with Crippen molar-refractivity contribution in [1.82, 2.24) is 4.90 Å². The Labute approximate surface area is 126 Å². The van der Waals surface area contributed by atoms with Gasteiger partial charge in [-0.1, -0.05) is 6.07 Å². The van der Waals surface area contributed by atoms with Crippen LogP contribution in [0.3, 0.4) is 0 Å². The Morgan fingerprint density at radius 2 is 2.19 bits per heavy atom. The number of amides is 1. The number of anilines is 1. The average molecular weight is 305 g/mol. The summed E-state index contributed by atoms with van der Waals surface area (Å²) < 4.78 is 0. The summed E-state index contributed by atoms with van der Waals surface area (Å²) in [6.45, 7) is 0.484. The van der Waals surface area contributed by atoms with Crippen LogP contribution in [0.25, 0.3) is 0 Å². The third-order valence-corrected chi connectivity index (χ3v) is 3.89. The zero-order valence-corrected chi connectivity index (χ0v) is 12.5. The second-order valence-electron chi connectivity index (χ2n) is 4.48. The summed E-state index contributed by atoms with van der Waals surface area (Å²) in [5, 5.41) is 15.7. The van der Waals surface area contributed by atoms with Crippen molar-refractivity contribution in [1.29, 1.82) is 0 Å². The third-order valence-electron chi connectivity index (χ3n) is 3.03. The molecule has 0 saturated carbocycles. The number of nitrogens with zero attached hydrogens (tertiary/aromatic N) is 2. The highest BCUT2D eigenvalue weighted by Crippen LogP contribution is 2.25. The number of nitro groups is 1. The molecular formula is C14H15N3O3S. The van der Waals surface area contributed by atoms with Gasteiger partial charge < -0.3 is 10.2 Å². The highest BCUT2D eigenvalue weighted by atomic mass is 32.1. The molecule has 0 aliphatic carbocycles. The van der Waals surface area contributed by atoms with Crippen molar-refractivity contribution in [2.24, 2.45) is 0 Å². The van der Waals surface area contributed by atoms with Crippen molar-refractivity contribution in [2.45, 2.75) is 6.54 Å². The quantitative estimate of drug-likeness (QED) is 0.680. The van der Waals surface area contributed by atoms with Gasteiger partial charge in [-0.2, -0.15) is 0 Å². The predicted molar refractivity (Wildman–Crippen MR) is 82.8 cm³/mol. The number of rotatable bonds is 5. The van der Waals surface area contributed by atoms with E-state index in [1.165, 1.54) is 6.07 Å². The summed E-state index contributed by atoms with van der Waals surface area (Å²) in [7, 11) is 3.28. The SMILES string of the molecule is CNc1ccc(C(=O)N(C)Cc2cccs2)cc1[N+](=O)[O-]. The van der Waals surface area contributed by atoms with E-state index in [4.69, 9.17) is 0 Å². The van der Waals surface area contributed by atoms with Crippen LogP contribution >= 0.6 is 11.3 Å². The first-order valence-corrected chi connectivity index (χ1v) is 7.15. The van der Waals surface area contributed by atoms with Gasteiger partial charge in [0.2, 0.25) is 0 Å². The molecule has 0 atom stereocenters. The minimum absolute atomic E-state index is 0.104. The van der Waals surface area contributed by atoms with E-state index in [2.05, 4.69) is 5.32 Å². The minimum atomic E-state index is -0.498. The van der Waals surface area contributed by atoms with Gasteiger partial charge in [-0.15, -0.1) is 11.3 Å². The molecule has 0 unspecified atom stereocenters. The van der Waals surface area contributed by atoms with Crippen LogP contribution in [0.5, 0.6) is 0 Å². The lowest BCUT2D eigenvalue weighted by Gasteiger charge is -2.16. The van der Waals surface area contributed by atoms with Crippen molar-refractivity contribution in [3.63, 3.8) is 0 Å². The Morgan fingerprint density at radius 3 is 2.76 bits per heavy atom. The van der Waals surface area contributed by atoms with Crippen molar-refractivity contribution >= 4 is 28.6 Å². The molecule has 21 heavy (non-hydrogen) atoms. The number of hydrogen-bond donors (Lipinski definition) is 1. The molecule has 0 radical (unpaired) electrons. The second kappa shape index (κ2) is 6.36. The first-order chi connectivity index (χ1) is 10.0. The maximum absolute atomic E-state index is 12.3. The van der Waals surface area contributed by atoms with Crippen molar-refractivity contribution in [3.8, 4) is 0 Å². The molecular weight excluding hydrogens is 290 g/mol. The molecule has 6 nitrogen and oxygen atoms in total. The highest BCUT2D eigenvalue weighted by Gasteiger charge is 2.19. The van der Waals surface area contributed by atoms with Crippen LogP contribution in [-0.2, 0) is 6.54 Å². The van der Waals surface area contributed by atoms with Gasteiger partial charge in [-0.25, -0.2) is 0 Å². The number of carbonyl (C=O) groups is 1. The second-order valence-corrected chi connectivity index (χ2v) is 5.51. The summed E-state index contributed by atoms with van der Waals surface area (Å²) in [6, 6.07) is 8.31. The molecule has 1 heterocycles. The van der Waals surface area contributed by atoms with E-state index in [-0.39, 0.29) is 11.6 Å². The lowest BCUT2D eigenvalue weighted by atomic mass is 10.1. The number of nitro benzene ring substituents is 1. The first-order valence-electron chi connectivity index (χ1n) is 6.27. The number of carbonyl (C=O) groups excluding carboxylic acids is 1. The van der Waals surface area contributed by atoms with E-state index in [0.29, 0.717) is 17.8 Å². The lowest BCUT2D eigenvalue weighted by molar-refractivity contribution is -0.384. The van der Waals surface area contributed by atoms with Crippen LogP contribution in [0.2, 0.25) is 0 Å². The van der Waals surface area contributed by atoms with E-state index in [9.17, 15) is 14.9 Å². The van der Waals surface area contributed by atoms with E-state index in [0.717, 1.165) is 4.88 Å². The molecule has 2 rings (SSSR count). The van der Waals surface area contributed by atoms with E-state index >= 15 is 0 Å². The molecule has 1 aromatic carbocycles. The summed E-state index contributed by atoms with van der Waals surface area (Å²) >= 11 is 1.57. The molecule has 1 amide bonds. The van der Waals surface area contributed by atoms with Gasteiger partial charge in [0.25, 0.3) is 11.6 Å². The van der Waals surface area contributed by atoms with Gasteiger partial charge >= 0.3 is 0 Å². The number of nitrogens with one attached hydrogen (secondary N) is 1. The van der Waals surface area contributed by atoms with Crippen LogP contribution < -0.4 is 5.32 Å². The normalized spacial score (nSPS) is 10.2. The largest absolute Gasteiger partial charge is 0.383 e. The summed E-state index contributed by atoms with van der Waals surface area (Å²) in [5.41, 5.74) is 0.588. The van der Waals surface area contributed by atoms with Crippen LogP contribution in [0.15, 0.2) is 35.7 Å². The average Bonchev–Trinajstić information content (AvgIpc) is 2.98. The lowest BCUT2D eigenvalue weighted by Crippen LogP contribution is -2.25. The van der Waals surface area contributed by atoms with Crippen LogP contribution in [0.4, 0.5) is 11.4 Å². The van der Waals surface area contributed by atoms with E-state index in [1.807, 2.05) is 17.5 Å². The van der Waals surface area contributed by atoms with E-state index < -0.39 is 4.92 Å². The molecule has 0 spiro atoms. The highest BCUT2D eigenvalue weighted by molar-refractivity contribution is 7.09. The predicted octanol–water partition coefficient (Wildman–Crippen LogP) is 2.97. The van der Waals surface area contributed by atoms with Crippen LogP contribution in [0, 0.1) is 10.1 Å². The van der Waals surface area contributed by atoms with Crippen molar-refractivity contribution < 1.29 is 9.72 Å². The standard InChI is InChI=1S/C14H15N3O3S/c1-15-12-6-5-10(8-13(12)17(19)20)14(18)16(2)9-11-4-3-7-21-11/h3-8,15H,9H2,1-2H3. The fourth-order valence-electron chi connectivity index (χ4n) is 1.96. The molecule has 1 N–H and O–H groups in total. The van der Waals surface area contributed by atoms with Crippen molar-refractivity contribution in [3.05, 3.63) is 56.3 Å². The molecule has 0 bridgehead atoms. The Kier molecular flexibility index (Phi) is 4.54. The van der Waals surface area contributed by atoms with Crippen LogP contribution in [-0.4, -0.2) is 29.8 Å². The maximum Gasteiger partial charge on any atom is 0.293 e. The van der Waals surface area contributed by atoms with Gasteiger partial charge in [0, 0.05) is 30.6 Å². The Hall–Kier alpha value is -2.41. The van der Waals surface area contributed by atoms with Gasteiger partial charge in [0.1, 0.15) is 5.69 Å². The van der Waals surface area contributed by atoms with Crippen LogP contribution in [0.1, 0.15) is 15.2 Å². The topological polar surface area (TPSA) is 75.5 Å². The van der Waals surface area contributed by atoms with E-state index in [1.54, 1.807) is 42.5 Å². The smallest absolute Gasteiger partial charge is 0.293 e. The van der Waals surface area contributed by atoms with Gasteiger partial charge in [0.15, 0.2) is 0 Å². The molecule has 1 aromatic heterocycles. The van der Waals surface area contributed by atoms with Gasteiger partial charge in [-0.3, -0.25) is 14.9 Å². The molecule has 110 valence electrons. The molecule has 0 aliphatic rings. The zero-order chi connectivity index (χ0) is 15.4. The maximum atomic E-state index is 12.3. The summed E-state index contributed by atoms with van der Waals surface area (Å²) in [6.07, 6.45) is 0. The Balaban J connectivity index is 2.22. The summed E-state index contributed by atoms with van der Waals surface area (Å²) in [4.78, 5) is 25.5. The number of benzene rings is 1. The monoisotopic (exact) mass is 305 g/mol. The third kappa shape index (κ3) is 3.38. The molecule has 0 saturated heterocycles. The molecule has 2 aromatic rings. The number of hydrogen-bond acceptors (Lipinski definition) is 5.